The lowest BCUT2D eigenvalue weighted by atomic mass is 10.2. The SMILES string of the molecule is CCCCNCCC(=O)N1CCN(CC)CC1. The molecule has 0 aromatic carbocycles. The predicted octanol–water partition coefficient (Wildman–Crippen LogP) is 0.930. The van der Waals surface area contributed by atoms with Crippen molar-refractivity contribution in [3.8, 4) is 0 Å². The Morgan fingerprint density at radius 2 is 1.82 bits per heavy atom. The summed E-state index contributed by atoms with van der Waals surface area (Å²) in [5, 5.41) is 3.32. The molecule has 1 amide bonds. The Bertz CT molecular complexity index is 213. The van der Waals surface area contributed by atoms with Gasteiger partial charge >= 0.3 is 0 Å². The zero-order valence-electron chi connectivity index (χ0n) is 11.4. The van der Waals surface area contributed by atoms with Gasteiger partial charge in [0.25, 0.3) is 0 Å². The van der Waals surface area contributed by atoms with Crippen LogP contribution in [0.25, 0.3) is 0 Å². The van der Waals surface area contributed by atoms with E-state index in [1.54, 1.807) is 0 Å². The van der Waals surface area contributed by atoms with Crippen LogP contribution >= 0.6 is 0 Å². The molecular formula is C13H27N3O. The van der Waals surface area contributed by atoms with E-state index in [1.807, 2.05) is 4.90 Å². The molecule has 0 aromatic heterocycles. The van der Waals surface area contributed by atoms with E-state index in [0.29, 0.717) is 12.3 Å². The number of nitrogens with zero attached hydrogens (tertiary/aromatic N) is 2. The fourth-order valence-electron chi connectivity index (χ4n) is 2.09. The van der Waals surface area contributed by atoms with Crippen molar-refractivity contribution in [2.75, 3.05) is 45.8 Å². The van der Waals surface area contributed by atoms with Gasteiger partial charge in [-0.2, -0.15) is 0 Å². The van der Waals surface area contributed by atoms with Gasteiger partial charge in [0.15, 0.2) is 0 Å². The second-order valence-corrected chi connectivity index (χ2v) is 4.67. The van der Waals surface area contributed by atoms with Crippen LogP contribution in [0.1, 0.15) is 33.1 Å². The van der Waals surface area contributed by atoms with Crippen LogP contribution in [0.4, 0.5) is 0 Å². The Hall–Kier alpha value is -0.610. The number of carbonyl (C=O) groups is 1. The normalized spacial score (nSPS) is 17.4. The van der Waals surface area contributed by atoms with E-state index >= 15 is 0 Å². The highest BCUT2D eigenvalue weighted by molar-refractivity contribution is 5.76. The number of carbonyl (C=O) groups excluding carboxylic acids is 1. The van der Waals surface area contributed by atoms with Crippen molar-refractivity contribution in [2.45, 2.75) is 33.1 Å². The van der Waals surface area contributed by atoms with Crippen molar-refractivity contribution in [2.24, 2.45) is 0 Å². The maximum absolute atomic E-state index is 11.9. The predicted molar refractivity (Wildman–Crippen MR) is 71.1 cm³/mol. The van der Waals surface area contributed by atoms with E-state index in [-0.39, 0.29) is 0 Å². The molecule has 1 aliphatic heterocycles. The number of unbranched alkanes of at least 4 members (excludes halogenated alkanes) is 1. The second-order valence-electron chi connectivity index (χ2n) is 4.67. The molecule has 100 valence electrons. The van der Waals surface area contributed by atoms with E-state index in [9.17, 15) is 4.79 Å². The molecule has 17 heavy (non-hydrogen) atoms. The highest BCUT2D eigenvalue weighted by atomic mass is 16.2. The van der Waals surface area contributed by atoms with Crippen molar-refractivity contribution >= 4 is 5.91 Å². The molecule has 0 unspecified atom stereocenters. The number of hydrogen-bond donors (Lipinski definition) is 1. The van der Waals surface area contributed by atoms with E-state index in [0.717, 1.165) is 45.8 Å². The molecule has 0 aliphatic carbocycles. The lowest BCUT2D eigenvalue weighted by molar-refractivity contribution is -0.132. The number of likely N-dealkylation sites (N-methyl/N-ethyl adjacent to an activating group) is 1. The summed E-state index contributed by atoms with van der Waals surface area (Å²) in [6, 6.07) is 0. The molecule has 1 saturated heterocycles. The van der Waals surface area contributed by atoms with Gasteiger partial charge in [-0.15, -0.1) is 0 Å². The summed E-state index contributed by atoms with van der Waals surface area (Å²) in [7, 11) is 0. The molecule has 1 N–H and O–H groups in total. The third kappa shape index (κ3) is 5.50. The lowest BCUT2D eigenvalue weighted by Crippen LogP contribution is -2.48. The number of nitrogens with one attached hydrogen (secondary N) is 1. The van der Waals surface area contributed by atoms with Crippen molar-refractivity contribution in [3.63, 3.8) is 0 Å². The minimum atomic E-state index is 0.310. The fraction of sp³-hybridized carbons (Fsp3) is 0.923. The fourth-order valence-corrected chi connectivity index (χ4v) is 2.09. The van der Waals surface area contributed by atoms with Gasteiger partial charge in [0.05, 0.1) is 0 Å². The molecule has 4 nitrogen and oxygen atoms in total. The molecule has 0 atom stereocenters. The smallest absolute Gasteiger partial charge is 0.223 e. The first kappa shape index (κ1) is 14.5. The molecule has 1 heterocycles. The minimum Gasteiger partial charge on any atom is -0.340 e. The highest BCUT2D eigenvalue weighted by Gasteiger charge is 2.19. The van der Waals surface area contributed by atoms with Crippen molar-refractivity contribution in [1.82, 2.24) is 15.1 Å². The quantitative estimate of drug-likeness (QED) is 0.674. The largest absolute Gasteiger partial charge is 0.340 e. The summed E-state index contributed by atoms with van der Waals surface area (Å²) in [6.07, 6.45) is 3.05. The average Bonchev–Trinajstić information content (AvgIpc) is 2.38. The van der Waals surface area contributed by atoms with Crippen molar-refractivity contribution in [3.05, 3.63) is 0 Å². The highest BCUT2D eigenvalue weighted by Crippen LogP contribution is 2.02. The molecule has 0 saturated carbocycles. The molecule has 1 rings (SSSR count). The van der Waals surface area contributed by atoms with Gasteiger partial charge in [-0.05, 0) is 19.5 Å². The van der Waals surface area contributed by atoms with Crippen LogP contribution in [0, 0.1) is 0 Å². The number of hydrogen-bond acceptors (Lipinski definition) is 3. The maximum atomic E-state index is 11.9. The van der Waals surface area contributed by atoms with Gasteiger partial charge < -0.3 is 15.1 Å². The maximum Gasteiger partial charge on any atom is 0.223 e. The van der Waals surface area contributed by atoms with Gasteiger partial charge in [0.2, 0.25) is 5.91 Å². The standard InChI is InChI=1S/C13H27N3O/c1-3-5-7-14-8-6-13(17)16-11-9-15(4-2)10-12-16/h14H,3-12H2,1-2H3. The lowest BCUT2D eigenvalue weighted by Gasteiger charge is -2.34. The summed E-state index contributed by atoms with van der Waals surface area (Å²) in [6.45, 7) is 11.2. The minimum absolute atomic E-state index is 0.310. The third-order valence-corrected chi connectivity index (χ3v) is 3.39. The molecule has 0 aromatic rings. The van der Waals surface area contributed by atoms with Crippen molar-refractivity contribution in [1.29, 1.82) is 0 Å². The van der Waals surface area contributed by atoms with E-state index in [1.165, 1.54) is 12.8 Å². The number of amides is 1. The first-order valence-electron chi connectivity index (χ1n) is 6.98. The van der Waals surface area contributed by atoms with Crippen LogP contribution < -0.4 is 5.32 Å². The zero-order valence-corrected chi connectivity index (χ0v) is 11.4. The molecule has 0 spiro atoms. The Labute approximate surface area is 105 Å². The van der Waals surface area contributed by atoms with E-state index in [4.69, 9.17) is 0 Å². The van der Waals surface area contributed by atoms with E-state index < -0.39 is 0 Å². The molecule has 1 aliphatic rings. The first-order chi connectivity index (χ1) is 8.27. The van der Waals surface area contributed by atoms with E-state index in [2.05, 4.69) is 24.1 Å². The second kappa shape index (κ2) is 8.48. The monoisotopic (exact) mass is 241 g/mol. The third-order valence-electron chi connectivity index (χ3n) is 3.39. The van der Waals surface area contributed by atoms with Gasteiger partial charge in [0, 0.05) is 39.1 Å². The molecule has 0 radical (unpaired) electrons. The van der Waals surface area contributed by atoms with Crippen LogP contribution in [0.3, 0.4) is 0 Å². The zero-order chi connectivity index (χ0) is 12.5. The van der Waals surface area contributed by atoms with Crippen LogP contribution in [-0.2, 0) is 4.79 Å². The molecule has 4 heteroatoms. The van der Waals surface area contributed by atoms with Crippen LogP contribution in [0.15, 0.2) is 0 Å². The summed E-state index contributed by atoms with van der Waals surface area (Å²) in [5.41, 5.74) is 0. The first-order valence-corrected chi connectivity index (χ1v) is 6.98. The summed E-state index contributed by atoms with van der Waals surface area (Å²) in [4.78, 5) is 16.3. The summed E-state index contributed by atoms with van der Waals surface area (Å²) < 4.78 is 0. The number of piperazine rings is 1. The Kier molecular flexibility index (Phi) is 7.21. The average molecular weight is 241 g/mol. The molecule has 1 fully saturated rings. The van der Waals surface area contributed by atoms with Gasteiger partial charge in [-0.25, -0.2) is 0 Å². The summed E-state index contributed by atoms with van der Waals surface area (Å²) >= 11 is 0. The van der Waals surface area contributed by atoms with Crippen LogP contribution in [0.5, 0.6) is 0 Å². The Morgan fingerprint density at radius 3 is 2.41 bits per heavy atom. The molecular weight excluding hydrogens is 214 g/mol. The Morgan fingerprint density at radius 1 is 1.12 bits per heavy atom. The summed E-state index contributed by atoms with van der Waals surface area (Å²) in [5.74, 6) is 0.310. The Balaban J connectivity index is 2.08. The topological polar surface area (TPSA) is 35.6 Å². The van der Waals surface area contributed by atoms with Crippen LogP contribution in [-0.4, -0.2) is 61.5 Å². The van der Waals surface area contributed by atoms with Gasteiger partial charge in [-0.1, -0.05) is 20.3 Å². The molecule has 0 bridgehead atoms. The van der Waals surface area contributed by atoms with Crippen LogP contribution in [0.2, 0.25) is 0 Å². The number of rotatable bonds is 7. The van der Waals surface area contributed by atoms with Gasteiger partial charge in [-0.3, -0.25) is 4.79 Å². The van der Waals surface area contributed by atoms with Crippen molar-refractivity contribution < 1.29 is 4.79 Å². The van der Waals surface area contributed by atoms with Gasteiger partial charge in [0.1, 0.15) is 0 Å².